The summed E-state index contributed by atoms with van der Waals surface area (Å²) in [5.41, 5.74) is 5.87. The minimum Gasteiger partial charge on any atom is -0.380 e. The van der Waals surface area contributed by atoms with Crippen molar-refractivity contribution in [3.8, 4) is 0 Å². The van der Waals surface area contributed by atoms with Crippen LogP contribution in [0.4, 0.5) is 4.39 Å². The highest BCUT2D eigenvalue weighted by Crippen LogP contribution is 2.55. The molecule has 0 saturated heterocycles. The monoisotopic (exact) mass is 383 g/mol. The fourth-order valence-corrected chi connectivity index (χ4v) is 5.71. The summed E-state index contributed by atoms with van der Waals surface area (Å²) in [6.45, 7) is 2.32. The Labute approximate surface area is 151 Å². The maximum atomic E-state index is 13.6. The Morgan fingerprint density at radius 1 is 1.24 bits per heavy atom. The molecule has 1 aliphatic carbocycles. The van der Waals surface area contributed by atoms with E-state index in [1.807, 2.05) is 6.92 Å². The maximum Gasteiger partial charge on any atom is 0.183 e. The van der Waals surface area contributed by atoms with Gasteiger partial charge in [-0.15, -0.1) is 0 Å². The van der Waals surface area contributed by atoms with E-state index in [1.54, 1.807) is 12.1 Å². The number of rotatable bonds is 6. The fourth-order valence-electron chi connectivity index (χ4n) is 3.30. The molecule has 0 heterocycles. The first-order chi connectivity index (χ1) is 11.8. The van der Waals surface area contributed by atoms with Crippen LogP contribution in [0.1, 0.15) is 18.4 Å². The third-order valence-corrected chi connectivity index (χ3v) is 7.10. The lowest BCUT2D eigenvalue weighted by atomic mass is 10.1. The molecule has 0 aliphatic heterocycles. The standard InChI is InChI=1S/C18H19ClFNO3S/c1-2-24-11-18(21)16(12-4-3-5-14(20)10-12)17(18)25(22,23)15-8-6-13(19)7-9-15/h3-10,16-17H,2,11,21H2,1H3/t16-,17+,18+/m1/s1. The third kappa shape index (κ3) is 3.31. The lowest BCUT2D eigenvalue weighted by Gasteiger charge is -2.12. The molecule has 0 spiro atoms. The van der Waals surface area contributed by atoms with Gasteiger partial charge in [0.15, 0.2) is 9.84 Å². The average Bonchev–Trinajstić information content (AvgIpc) is 3.20. The van der Waals surface area contributed by atoms with E-state index in [0.29, 0.717) is 17.2 Å². The second-order valence-electron chi connectivity index (χ2n) is 6.20. The number of halogens is 2. The van der Waals surface area contributed by atoms with Gasteiger partial charge in [0.05, 0.1) is 22.3 Å². The highest BCUT2D eigenvalue weighted by molar-refractivity contribution is 7.92. The van der Waals surface area contributed by atoms with Crippen LogP contribution in [0.5, 0.6) is 0 Å². The second-order valence-corrected chi connectivity index (χ2v) is 8.71. The predicted octanol–water partition coefficient (Wildman–Crippen LogP) is 3.15. The first-order valence-corrected chi connectivity index (χ1v) is 9.84. The smallest absolute Gasteiger partial charge is 0.183 e. The van der Waals surface area contributed by atoms with Crippen LogP contribution in [0, 0.1) is 5.82 Å². The average molecular weight is 384 g/mol. The lowest BCUT2D eigenvalue weighted by Crippen LogP contribution is -2.36. The molecule has 2 aromatic rings. The quantitative estimate of drug-likeness (QED) is 0.831. The number of sulfone groups is 1. The summed E-state index contributed by atoms with van der Waals surface area (Å²) in [6.07, 6.45) is 0. The van der Waals surface area contributed by atoms with Crippen molar-refractivity contribution < 1.29 is 17.5 Å². The van der Waals surface area contributed by atoms with Gasteiger partial charge in [0.2, 0.25) is 0 Å². The summed E-state index contributed by atoms with van der Waals surface area (Å²) in [7, 11) is -3.72. The molecule has 1 aliphatic rings. The summed E-state index contributed by atoms with van der Waals surface area (Å²) >= 11 is 5.84. The van der Waals surface area contributed by atoms with E-state index in [2.05, 4.69) is 0 Å². The molecule has 4 nitrogen and oxygen atoms in total. The molecule has 2 N–H and O–H groups in total. The van der Waals surface area contributed by atoms with Crippen LogP contribution in [0.3, 0.4) is 0 Å². The van der Waals surface area contributed by atoms with Crippen molar-refractivity contribution in [2.75, 3.05) is 13.2 Å². The van der Waals surface area contributed by atoms with E-state index < -0.39 is 32.4 Å². The highest BCUT2D eigenvalue weighted by atomic mass is 35.5. The third-order valence-electron chi connectivity index (χ3n) is 4.54. The van der Waals surface area contributed by atoms with E-state index in [0.717, 1.165) is 0 Å². The van der Waals surface area contributed by atoms with Gasteiger partial charge in [0.25, 0.3) is 0 Å². The maximum absolute atomic E-state index is 13.6. The highest BCUT2D eigenvalue weighted by Gasteiger charge is 2.69. The molecule has 25 heavy (non-hydrogen) atoms. The number of nitrogens with two attached hydrogens (primary N) is 1. The summed E-state index contributed by atoms with van der Waals surface area (Å²) < 4.78 is 45.2. The Bertz CT molecular complexity index is 872. The topological polar surface area (TPSA) is 69.4 Å². The molecule has 3 rings (SSSR count). The number of hydrogen-bond donors (Lipinski definition) is 1. The van der Waals surface area contributed by atoms with Crippen LogP contribution in [-0.4, -0.2) is 32.4 Å². The van der Waals surface area contributed by atoms with E-state index in [4.69, 9.17) is 22.1 Å². The summed E-state index contributed by atoms with van der Waals surface area (Å²) in [5, 5.41) is -0.431. The SMILES string of the molecule is CCOC[C@]1(N)[C@H](c2cccc(F)c2)[C@@H]1S(=O)(=O)c1ccc(Cl)cc1. The lowest BCUT2D eigenvalue weighted by molar-refractivity contribution is 0.125. The van der Waals surface area contributed by atoms with Gasteiger partial charge in [-0.1, -0.05) is 23.7 Å². The minimum absolute atomic E-state index is 0.0855. The molecule has 2 aromatic carbocycles. The van der Waals surface area contributed by atoms with Gasteiger partial charge in [0.1, 0.15) is 5.82 Å². The van der Waals surface area contributed by atoms with Crippen molar-refractivity contribution in [1.29, 1.82) is 0 Å². The molecule has 1 saturated carbocycles. The van der Waals surface area contributed by atoms with E-state index in [-0.39, 0.29) is 11.5 Å². The van der Waals surface area contributed by atoms with E-state index >= 15 is 0 Å². The van der Waals surface area contributed by atoms with Crippen LogP contribution in [0.2, 0.25) is 5.02 Å². The fraction of sp³-hybridized carbons (Fsp3) is 0.333. The summed E-state index contributed by atoms with van der Waals surface area (Å²) in [6, 6.07) is 11.8. The number of hydrogen-bond acceptors (Lipinski definition) is 4. The van der Waals surface area contributed by atoms with Crippen LogP contribution in [0.25, 0.3) is 0 Å². The normalized spacial score (nSPS) is 25.8. The van der Waals surface area contributed by atoms with Gasteiger partial charge >= 0.3 is 0 Å². The first-order valence-electron chi connectivity index (χ1n) is 7.92. The van der Waals surface area contributed by atoms with Gasteiger partial charge in [-0.3, -0.25) is 0 Å². The molecule has 0 aromatic heterocycles. The van der Waals surface area contributed by atoms with Gasteiger partial charge < -0.3 is 10.5 Å². The Morgan fingerprint density at radius 2 is 1.92 bits per heavy atom. The summed E-state index contributed by atoms with van der Waals surface area (Å²) in [5.74, 6) is -0.957. The van der Waals surface area contributed by atoms with Crippen LogP contribution >= 0.6 is 11.6 Å². The molecule has 3 atom stereocenters. The Kier molecular flexibility index (Phi) is 4.90. The largest absolute Gasteiger partial charge is 0.380 e. The van der Waals surface area contributed by atoms with E-state index in [9.17, 15) is 12.8 Å². The van der Waals surface area contributed by atoms with Crippen molar-refractivity contribution in [2.45, 2.75) is 28.5 Å². The number of benzene rings is 2. The van der Waals surface area contributed by atoms with E-state index in [1.165, 1.54) is 36.4 Å². The van der Waals surface area contributed by atoms with Crippen LogP contribution in [0.15, 0.2) is 53.4 Å². The van der Waals surface area contributed by atoms with Crippen LogP contribution in [-0.2, 0) is 14.6 Å². The summed E-state index contributed by atoms with van der Waals surface area (Å²) in [4.78, 5) is 0.145. The Balaban J connectivity index is 2.01. The molecular formula is C18H19ClFNO3S. The molecule has 0 bridgehead atoms. The predicted molar refractivity (Wildman–Crippen MR) is 95.0 cm³/mol. The van der Waals surface area contributed by atoms with Gasteiger partial charge in [-0.2, -0.15) is 0 Å². The molecule has 0 amide bonds. The molecular weight excluding hydrogens is 365 g/mol. The van der Waals surface area contributed by atoms with Gasteiger partial charge in [0, 0.05) is 17.5 Å². The molecule has 0 unspecified atom stereocenters. The zero-order valence-corrected chi connectivity index (χ0v) is 15.2. The van der Waals surface area contributed by atoms with Gasteiger partial charge in [-0.25, -0.2) is 12.8 Å². The zero-order valence-electron chi connectivity index (χ0n) is 13.7. The molecule has 0 radical (unpaired) electrons. The first kappa shape index (κ1) is 18.3. The molecule has 7 heteroatoms. The minimum atomic E-state index is -3.72. The van der Waals surface area contributed by atoms with Crippen molar-refractivity contribution in [2.24, 2.45) is 5.73 Å². The number of ether oxygens (including phenoxy) is 1. The zero-order chi connectivity index (χ0) is 18.2. The second kappa shape index (κ2) is 6.68. The Morgan fingerprint density at radius 3 is 2.52 bits per heavy atom. The van der Waals surface area contributed by atoms with Crippen LogP contribution < -0.4 is 5.73 Å². The van der Waals surface area contributed by atoms with Crippen molar-refractivity contribution in [1.82, 2.24) is 0 Å². The molecule has 1 fully saturated rings. The molecule has 134 valence electrons. The Hall–Kier alpha value is -1.47. The van der Waals surface area contributed by atoms with Crippen molar-refractivity contribution >= 4 is 21.4 Å². The van der Waals surface area contributed by atoms with Crippen molar-refractivity contribution in [3.63, 3.8) is 0 Å². The van der Waals surface area contributed by atoms with Gasteiger partial charge in [-0.05, 0) is 48.9 Å². The van der Waals surface area contributed by atoms with Crippen molar-refractivity contribution in [3.05, 3.63) is 64.9 Å².